The third-order valence-electron chi connectivity index (χ3n) is 3.97. The fraction of sp³-hybridized carbons (Fsp3) is 0.0526. The van der Waals surface area contributed by atoms with Gasteiger partial charge in [0, 0.05) is 17.4 Å². The lowest BCUT2D eigenvalue weighted by molar-refractivity contribution is 1.07. The van der Waals surface area contributed by atoms with Gasteiger partial charge in [0.05, 0.1) is 11.7 Å². The SMILES string of the molecule is Cc1cccc(-n2cc(-c3ccccc3)c3c(=S)nc[nH]c32)c1. The Balaban J connectivity index is 2.08. The van der Waals surface area contributed by atoms with Gasteiger partial charge < -0.3 is 9.55 Å². The van der Waals surface area contributed by atoms with Gasteiger partial charge in [-0.2, -0.15) is 0 Å². The molecule has 1 N–H and O–H groups in total. The third-order valence-corrected chi connectivity index (χ3v) is 4.28. The minimum absolute atomic E-state index is 0.615. The van der Waals surface area contributed by atoms with Crippen LogP contribution in [0, 0.1) is 11.6 Å². The molecule has 0 bridgehead atoms. The molecule has 0 fully saturated rings. The van der Waals surface area contributed by atoms with Crippen LogP contribution in [0.1, 0.15) is 5.56 Å². The highest BCUT2D eigenvalue weighted by Crippen LogP contribution is 2.31. The van der Waals surface area contributed by atoms with Gasteiger partial charge in [0.2, 0.25) is 0 Å². The molecule has 0 saturated heterocycles. The largest absolute Gasteiger partial charge is 0.332 e. The summed E-state index contributed by atoms with van der Waals surface area (Å²) in [5.74, 6) is 0. The molecule has 0 atom stereocenters. The van der Waals surface area contributed by atoms with Crippen LogP contribution in [0.15, 0.2) is 67.1 Å². The summed E-state index contributed by atoms with van der Waals surface area (Å²) in [5.41, 5.74) is 5.52. The second kappa shape index (κ2) is 5.48. The molecule has 0 aliphatic rings. The van der Waals surface area contributed by atoms with E-state index < -0.39 is 0 Å². The summed E-state index contributed by atoms with van der Waals surface area (Å²) in [5, 5.41) is 0.982. The minimum atomic E-state index is 0.615. The standard InChI is InChI=1S/C19H15N3S/c1-13-6-5-9-15(10-13)22-11-16(14-7-3-2-4-8-14)17-18(22)20-12-21-19(17)23/h2-12H,1H3,(H,20,21,23). The number of nitrogens with one attached hydrogen (secondary N) is 1. The van der Waals surface area contributed by atoms with E-state index in [9.17, 15) is 0 Å². The Kier molecular flexibility index (Phi) is 3.32. The van der Waals surface area contributed by atoms with Crippen LogP contribution >= 0.6 is 12.2 Å². The summed E-state index contributed by atoms with van der Waals surface area (Å²) in [6, 6.07) is 18.7. The van der Waals surface area contributed by atoms with E-state index in [-0.39, 0.29) is 0 Å². The predicted octanol–water partition coefficient (Wildman–Crippen LogP) is 5.06. The van der Waals surface area contributed by atoms with Crippen molar-refractivity contribution in [3.63, 3.8) is 0 Å². The number of rotatable bonds is 2. The molecule has 4 aromatic rings. The van der Waals surface area contributed by atoms with Crippen LogP contribution in [0.4, 0.5) is 0 Å². The van der Waals surface area contributed by atoms with Gasteiger partial charge in [-0.15, -0.1) is 0 Å². The highest BCUT2D eigenvalue weighted by atomic mass is 32.1. The summed E-state index contributed by atoms with van der Waals surface area (Å²) >= 11 is 5.49. The molecular formula is C19H15N3S. The maximum atomic E-state index is 5.49. The number of H-pyrrole nitrogens is 1. The van der Waals surface area contributed by atoms with E-state index in [0.717, 1.165) is 27.8 Å². The lowest BCUT2D eigenvalue weighted by Gasteiger charge is -2.05. The Morgan fingerprint density at radius 3 is 2.65 bits per heavy atom. The topological polar surface area (TPSA) is 33.6 Å². The van der Waals surface area contributed by atoms with Crippen LogP contribution in [0.25, 0.3) is 27.8 Å². The highest BCUT2D eigenvalue weighted by Gasteiger charge is 2.13. The third kappa shape index (κ3) is 2.37. The Bertz CT molecular complexity index is 1050. The highest BCUT2D eigenvalue weighted by molar-refractivity contribution is 7.71. The quantitative estimate of drug-likeness (QED) is 0.524. The summed E-state index contributed by atoms with van der Waals surface area (Å²) in [7, 11) is 0. The van der Waals surface area contributed by atoms with E-state index in [1.165, 1.54) is 5.56 Å². The molecule has 2 aromatic heterocycles. The molecule has 4 heteroatoms. The Hall–Kier alpha value is -2.72. The molecule has 0 saturated carbocycles. The Morgan fingerprint density at radius 2 is 1.87 bits per heavy atom. The van der Waals surface area contributed by atoms with E-state index in [0.29, 0.717) is 4.64 Å². The molecule has 0 spiro atoms. The summed E-state index contributed by atoms with van der Waals surface area (Å²) in [6.45, 7) is 2.09. The van der Waals surface area contributed by atoms with E-state index in [1.807, 2.05) is 18.2 Å². The average molecular weight is 317 g/mol. The molecule has 3 nitrogen and oxygen atoms in total. The van der Waals surface area contributed by atoms with Crippen molar-refractivity contribution in [2.45, 2.75) is 6.92 Å². The van der Waals surface area contributed by atoms with Gasteiger partial charge in [0.25, 0.3) is 0 Å². The molecule has 0 radical (unpaired) electrons. The van der Waals surface area contributed by atoms with Gasteiger partial charge in [-0.3, -0.25) is 0 Å². The van der Waals surface area contributed by atoms with Crippen molar-refractivity contribution in [1.29, 1.82) is 0 Å². The van der Waals surface area contributed by atoms with Gasteiger partial charge in [-0.1, -0.05) is 54.7 Å². The monoisotopic (exact) mass is 317 g/mol. The number of fused-ring (bicyclic) bond motifs is 1. The summed E-state index contributed by atoms with van der Waals surface area (Å²) in [6.07, 6.45) is 3.79. The molecule has 0 amide bonds. The van der Waals surface area contributed by atoms with Crippen molar-refractivity contribution in [1.82, 2.24) is 14.5 Å². The van der Waals surface area contributed by atoms with Gasteiger partial charge in [0.1, 0.15) is 10.3 Å². The minimum Gasteiger partial charge on any atom is -0.332 e. The Morgan fingerprint density at radius 1 is 1.04 bits per heavy atom. The second-order valence-electron chi connectivity index (χ2n) is 5.55. The average Bonchev–Trinajstić information content (AvgIpc) is 2.97. The lowest BCUT2D eigenvalue weighted by Crippen LogP contribution is -1.94. The van der Waals surface area contributed by atoms with Crippen LogP contribution in [0.3, 0.4) is 0 Å². The van der Waals surface area contributed by atoms with Crippen molar-refractivity contribution in [2.24, 2.45) is 0 Å². The van der Waals surface area contributed by atoms with E-state index in [1.54, 1.807) is 6.33 Å². The number of aromatic amines is 1. The first-order valence-corrected chi connectivity index (χ1v) is 7.86. The van der Waals surface area contributed by atoms with E-state index >= 15 is 0 Å². The molecule has 0 aliphatic carbocycles. The number of aromatic nitrogens is 3. The van der Waals surface area contributed by atoms with Crippen molar-refractivity contribution in [2.75, 3.05) is 0 Å². The molecule has 0 aliphatic heterocycles. The van der Waals surface area contributed by atoms with Crippen molar-refractivity contribution in [3.8, 4) is 16.8 Å². The molecule has 4 rings (SSSR count). The second-order valence-corrected chi connectivity index (χ2v) is 5.94. The van der Waals surface area contributed by atoms with Crippen LogP contribution in [0.2, 0.25) is 0 Å². The van der Waals surface area contributed by atoms with Gasteiger partial charge in [0.15, 0.2) is 0 Å². The zero-order chi connectivity index (χ0) is 15.8. The first-order chi connectivity index (χ1) is 11.2. The molecular weight excluding hydrogens is 302 g/mol. The smallest absolute Gasteiger partial charge is 0.139 e. The summed E-state index contributed by atoms with van der Waals surface area (Å²) in [4.78, 5) is 7.52. The van der Waals surface area contributed by atoms with Crippen LogP contribution < -0.4 is 0 Å². The molecule has 2 heterocycles. The number of hydrogen-bond acceptors (Lipinski definition) is 2. The number of benzene rings is 2. The molecule has 112 valence electrons. The van der Waals surface area contributed by atoms with Crippen molar-refractivity contribution < 1.29 is 0 Å². The van der Waals surface area contributed by atoms with Gasteiger partial charge >= 0.3 is 0 Å². The number of aryl methyl sites for hydroxylation is 1. The zero-order valence-electron chi connectivity index (χ0n) is 12.7. The number of nitrogens with zero attached hydrogens (tertiary/aromatic N) is 2. The van der Waals surface area contributed by atoms with Crippen LogP contribution in [-0.2, 0) is 0 Å². The van der Waals surface area contributed by atoms with Crippen molar-refractivity contribution >= 4 is 23.3 Å². The first-order valence-electron chi connectivity index (χ1n) is 7.45. The van der Waals surface area contributed by atoms with E-state index in [2.05, 4.69) is 64.1 Å². The van der Waals surface area contributed by atoms with Crippen molar-refractivity contribution in [3.05, 3.63) is 77.3 Å². The van der Waals surface area contributed by atoms with Gasteiger partial charge in [-0.05, 0) is 30.2 Å². The molecule has 23 heavy (non-hydrogen) atoms. The first kappa shape index (κ1) is 13.9. The number of hydrogen-bond donors (Lipinski definition) is 1. The maximum Gasteiger partial charge on any atom is 0.139 e. The van der Waals surface area contributed by atoms with Crippen LogP contribution in [-0.4, -0.2) is 14.5 Å². The normalized spacial score (nSPS) is 11.0. The summed E-state index contributed by atoms with van der Waals surface area (Å²) < 4.78 is 2.76. The molecule has 2 aromatic carbocycles. The zero-order valence-corrected chi connectivity index (χ0v) is 13.5. The maximum absolute atomic E-state index is 5.49. The fourth-order valence-electron chi connectivity index (χ4n) is 2.90. The molecule has 0 unspecified atom stereocenters. The van der Waals surface area contributed by atoms with E-state index in [4.69, 9.17) is 12.2 Å². The van der Waals surface area contributed by atoms with Gasteiger partial charge in [-0.25, -0.2) is 4.98 Å². The Labute approximate surface area is 139 Å². The predicted molar refractivity (Wildman–Crippen MR) is 96.4 cm³/mol. The van der Waals surface area contributed by atoms with Crippen LogP contribution in [0.5, 0.6) is 0 Å². The fourth-order valence-corrected chi connectivity index (χ4v) is 3.16. The lowest BCUT2D eigenvalue weighted by atomic mass is 10.1.